The summed E-state index contributed by atoms with van der Waals surface area (Å²) < 4.78 is 5.91. The molecule has 29 heavy (non-hydrogen) atoms. The number of thiazole rings is 1. The van der Waals surface area contributed by atoms with Crippen molar-refractivity contribution in [3.63, 3.8) is 0 Å². The van der Waals surface area contributed by atoms with E-state index in [9.17, 15) is 4.79 Å². The number of nitrogens with zero attached hydrogens (tertiary/aromatic N) is 3. The van der Waals surface area contributed by atoms with Crippen LogP contribution in [0.4, 0.5) is 0 Å². The van der Waals surface area contributed by atoms with Gasteiger partial charge in [-0.1, -0.05) is 42.5 Å². The Bertz CT molecular complexity index is 915. The summed E-state index contributed by atoms with van der Waals surface area (Å²) in [5, 5.41) is 1.96. The second kappa shape index (κ2) is 9.67. The van der Waals surface area contributed by atoms with Crippen molar-refractivity contribution in [2.75, 3.05) is 26.2 Å². The maximum Gasteiger partial charge on any atom is 0.257 e. The van der Waals surface area contributed by atoms with Crippen LogP contribution < -0.4 is 4.74 Å². The van der Waals surface area contributed by atoms with Gasteiger partial charge in [-0.3, -0.25) is 9.69 Å². The van der Waals surface area contributed by atoms with E-state index in [0.717, 1.165) is 44.8 Å². The largest absolute Gasteiger partial charge is 0.486 e. The number of hydrogen-bond donors (Lipinski definition) is 0. The Morgan fingerprint density at radius 3 is 2.66 bits per heavy atom. The van der Waals surface area contributed by atoms with Gasteiger partial charge >= 0.3 is 0 Å². The molecule has 4 rings (SSSR count). The summed E-state index contributed by atoms with van der Waals surface area (Å²) in [7, 11) is 0. The molecule has 1 aromatic heterocycles. The molecule has 6 heteroatoms. The normalized spacial score (nSPS) is 15.1. The monoisotopic (exact) mass is 407 g/mol. The summed E-state index contributed by atoms with van der Waals surface area (Å²) in [5.74, 6) is 0.663. The highest BCUT2D eigenvalue weighted by molar-refractivity contribution is 7.07. The smallest absolute Gasteiger partial charge is 0.257 e. The first kappa shape index (κ1) is 19.6. The summed E-state index contributed by atoms with van der Waals surface area (Å²) in [6.07, 6.45) is 0.973. The summed E-state index contributed by atoms with van der Waals surface area (Å²) in [5.41, 5.74) is 4.60. The Kier molecular flexibility index (Phi) is 6.54. The van der Waals surface area contributed by atoms with Gasteiger partial charge in [0.25, 0.3) is 5.91 Å². The molecular formula is C23H25N3O2S. The lowest BCUT2D eigenvalue weighted by Gasteiger charge is -2.23. The van der Waals surface area contributed by atoms with Crippen molar-refractivity contribution in [2.45, 2.75) is 19.6 Å². The molecule has 2 aromatic carbocycles. The molecule has 0 unspecified atom stereocenters. The van der Waals surface area contributed by atoms with Gasteiger partial charge in [0.05, 0.1) is 16.8 Å². The second-order valence-electron chi connectivity index (χ2n) is 7.17. The van der Waals surface area contributed by atoms with Crippen LogP contribution >= 0.6 is 11.3 Å². The van der Waals surface area contributed by atoms with Gasteiger partial charge in [-0.15, -0.1) is 11.3 Å². The quantitative estimate of drug-likeness (QED) is 0.618. The summed E-state index contributed by atoms with van der Waals surface area (Å²) in [6, 6.07) is 18.0. The van der Waals surface area contributed by atoms with Crippen LogP contribution in [0.5, 0.6) is 5.75 Å². The molecule has 0 aliphatic carbocycles. The van der Waals surface area contributed by atoms with Crippen LogP contribution in [0.2, 0.25) is 0 Å². The minimum absolute atomic E-state index is 0.0421. The number of ether oxygens (including phenoxy) is 1. The highest BCUT2D eigenvalue weighted by atomic mass is 32.1. The van der Waals surface area contributed by atoms with E-state index >= 15 is 0 Å². The van der Waals surface area contributed by atoms with E-state index < -0.39 is 0 Å². The lowest BCUT2D eigenvalue weighted by atomic mass is 10.1. The Hall–Kier alpha value is -2.70. The minimum atomic E-state index is 0.0421. The minimum Gasteiger partial charge on any atom is -0.486 e. The van der Waals surface area contributed by atoms with Gasteiger partial charge in [0.15, 0.2) is 0 Å². The summed E-state index contributed by atoms with van der Waals surface area (Å²) >= 11 is 1.54. The Morgan fingerprint density at radius 1 is 1.00 bits per heavy atom. The standard InChI is InChI=1S/C23H25N3O2S/c27-23(21-9-4-5-10-22(21)28-16-20-17-29-18-24-20)26-12-6-11-25(13-14-26)15-19-7-2-1-3-8-19/h1-5,7-10,17-18H,6,11-16H2. The van der Waals surface area contributed by atoms with Gasteiger partial charge in [0, 0.05) is 38.1 Å². The van der Waals surface area contributed by atoms with Crippen molar-refractivity contribution in [2.24, 2.45) is 0 Å². The van der Waals surface area contributed by atoms with Crippen LogP contribution in [-0.2, 0) is 13.2 Å². The number of hydrogen-bond acceptors (Lipinski definition) is 5. The molecule has 0 bridgehead atoms. The lowest BCUT2D eigenvalue weighted by Crippen LogP contribution is -2.35. The zero-order valence-corrected chi connectivity index (χ0v) is 17.2. The van der Waals surface area contributed by atoms with Gasteiger partial charge in [0.1, 0.15) is 12.4 Å². The molecule has 0 N–H and O–H groups in total. The molecule has 1 aliphatic rings. The van der Waals surface area contributed by atoms with E-state index in [4.69, 9.17) is 4.74 Å². The predicted molar refractivity (Wildman–Crippen MR) is 115 cm³/mol. The van der Waals surface area contributed by atoms with E-state index in [1.54, 1.807) is 5.51 Å². The molecule has 0 radical (unpaired) electrons. The van der Waals surface area contributed by atoms with Crippen LogP contribution in [0.1, 0.15) is 28.0 Å². The molecule has 1 amide bonds. The molecule has 2 heterocycles. The van der Waals surface area contributed by atoms with E-state index in [1.807, 2.05) is 40.6 Å². The molecular weight excluding hydrogens is 382 g/mol. The fraction of sp³-hybridized carbons (Fsp3) is 0.304. The van der Waals surface area contributed by atoms with Gasteiger partial charge in [-0.05, 0) is 24.1 Å². The lowest BCUT2D eigenvalue weighted by molar-refractivity contribution is 0.0756. The van der Waals surface area contributed by atoms with E-state index in [2.05, 4.69) is 34.1 Å². The van der Waals surface area contributed by atoms with Crippen molar-refractivity contribution in [1.29, 1.82) is 0 Å². The first-order valence-electron chi connectivity index (χ1n) is 9.94. The maximum absolute atomic E-state index is 13.2. The van der Waals surface area contributed by atoms with E-state index in [1.165, 1.54) is 16.9 Å². The van der Waals surface area contributed by atoms with Gasteiger partial charge < -0.3 is 9.64 Å². The van der Waals surface area contributed by atoms with Crippen LogP contribution in [0.15, 0.2) is 65.5 Å². The number of amides is 1. The number of rotatable bonds is 6. The van der Waals surface area contributed by atoms with E-state index in [0.29, 0.717) is 17.9 Å². The molecule has 150 valence electrons. The number of carbonyl (C=O) groups excluding carboxylic acids is 1. The highest BCUT2D eigenvalue weighted by Crippen LogP contribution is 2.22. The molecule has 1 aliphatic heterocycles. The van der Waals surface area contributed by atoms with Gasteiger partial charge in [-0.2, -0.15) is 0 Å². The molecule has 0 spiro atoms. The van der Waals surface area contributed by atoms with E-state index in [-0.39, 0.29) is 5.91 Å². The number of para-hydroxylation sites is 1. The molecule has 1 fully saturated rings. The van der Waals surface area contributed by atoms with Gasteiger partial charge in [-0.25, -0.2) is 4.98 Å². The van der Waals surface area contributed by atoms with Crippen molar-refractivity contribution < 1.29 is 9.53 Å². The van der Waals surface area contributed by atoms with Crippen LogP contribution in [0.3, 0.4) is 0 Å². The highest BCUT2D eigenvalue weighted by Gasteiger charge is 2.22. The molecule has 0 saturated carbocycles. The zero-order chi connectivity index (χ0) is 19.9. The summed E-state index contributed by atoms with van der Waals surface area (Å²) in [4.78, 5) is 21.8. The molecule has 3 aromatic rings. The zero-order valence-electron chi connectivity index (χ0n) is 16.4. The third-order valence-corrected chi connectivity index (χ3v) is 5.74. The van der Waals surface area contributed by atoms with Crippen LogP contribution in [0.25, 0.3) is 0 Å². The molecule has 1 saturated heterocycles. The average molecular weight is 408 g/mol. The van der Waals surface area contributed by atoms with Crippen LogP contribution in [0, 0.1) is 0 Å². The third kappa shape index (κ3) is 5.22. The Morgan fingerprint density at radius 2 is 1.83 bits per heavy atom. The third-order valence-electron chi connectivity index (χ3n) is 5.10. The van der Waals surface area contributed by atoms with Crippen LogP contribution in [-0.4, -0.2) is 46.9 Å². The fourth-order valence-corrected chi connectivity index (χ4v) is 4.12. The second-order valence-corrected chi connectivity index (χ2v) is 7.89. The Labute approximate surface area is 175 Å². The van der Waals surface area contributed by atoms with Crippen molar-refractivity contribution in [1.82, 2.24) is 14.8 Å². The average Bonchev–Trinajstić information content (AvgIpc) is 3.18. The first-order valence-corrected chi connectivity index (χ1v) is 10.9. The molecule has 0 atom stereocenters. The van der Waals surface area contributed by atoms with Crippen molar-refractivity contribution in [3.05, 3.63) is 82.3 Å². The maximum atomic E-state index is 13.2. The topological polar surface area (TPSA) is 45.7 Å². The van der Waals surface area contributed by atoms with Crippen molar-refractivity contribution in [3.8, 4) is 5.75 Å². The number of aromatic nitrogens is 1. The van der Waals surface area contributed by atoms with Gasteiger partial charge in [0.2, 0.25) is 0 Å². The SMILES string of the molecule is O=C(c1ccccc1OCc1cscn1)N1CCCN(Cc2ccccc2)CC1. The predicted octanol–water partition coefficient (Wildman–Crippen LogP) is 4.07. The van der Waals surface area contributed by atoms with Crippen molar-refractivity contribution >= 4 is 17.2 Å². The number of carbonyl (C=O) groups is 1. The number of benzene rings is 2. The fourth-order valence-electron chi connectivity index (χ4n) is 3.57. The summed E-state index contributed by atoms with van der Waals surface area (Å²) in [6.45, 7) is 4.68. The Balaban J connectivity index is 1.39. The molecule has 5 nitrogen and oxygen atoms in total. The first-order chi connectivity index (χ1) is 14.3.